The largest absolute Gasteiger partial charge is 0.479 e. The number of hydrogen-bond acceptors (Lipinski definition) is 4. The van der Waals surface area contributed by atoms with Crippen molar-refractivity contribution in [3.05, 3.63) is 35.4 Å². The maximum atomic E-state index is 10.6. The molecule has 0 saturated heterocycles. The second-order valence-corrected chi connectivity index (χ2v) is 3.45. The van der Waals surface area contributed by atoms with E-state index >= 15 is 0 Å². The molecule has 0 heterocycles. The molecule has 1 rings (SSSR count). The molecule has 1 aromatic rings. The first kappa shape index (κ1) is 13.3. The number of ether oxygens (including phenoxy) is 1. The standard InChI is InChI=1S/C13H10N2O3/c1-9(13(16)17)18-12-4-2-10(3-5-12)6-11(7-14)8-15/h2-6,9H,1H3,(H,16,17)/t9-/m0/s1. The molecule has 0 fully saturated rings. The summed E-state index contributed by atoms with van der Waals surface area (Å²) in [6.07, 6.45) is 0.505. The van der Waals surface area contributed by atoms with E-state index in [4.69, 9.17) is 20.4 Å². The molecule has 0 aliphatic rings. The fourth-order valence-electron chi connectivity index (χ4n) is 1.15. The predicted molar refractivity (Wildman–Crippen MR) is 63.4 cm³/mol. The van der Waals surface area contributed by atoms with Gasteiger partial charge in [0.25, 0.3) is 0 Å². The van der Waals surface area contributed by atoms with E-state index in [1.54, 1.807) is 36.4 Å². The zero-order chi connectivity index (χ0) is 13.5. The summed E-state index contributed by atoms with van der Waals surface area (Å²) in [7, 11) is 0. The molecule has 1 aromatic carbocycles. The Morgan fingerprint density at radius 2 is 1.89 bits per heavy atom. The molecular formula is C13H10N2O3. The Labute approximate surface area is 104 Å². The SMILES string of the molecule is C[C@H](Oc1ccc(C=C(C#N)C#N)cc1)C(=O)O. The number of nitrogens with zero attached hydrogens (tertiary/aromatic N) is 2. The van der Waals surface area contributed by atoms with Gasteiger partial charge >= 0.3 is 5.97 Å². The molecule has 0 amide bonds. The van der Waals surface area contributed by atoms with E-state index in [1.165, 1.54) is 13.0 Å². The van der Waals surface area contributed by atoms with E-state index in [1.807, 2.05) is 0 Å². The molecule has 0 bridgehead atoms. The average Bonchev–Trinajstić information content (AvgIpc) is 2.37. The van der Waals surface area contributed by atoms with E-state index in [-0.39, 0.29) is 5.57 Å². The summed E-state index contributed by atoms with van der Waals surface area (Å²) in [6.45, 7) is 1.43. The van der Waals surface area contributed by atoms with E-state index in [2.05, 4.69) is 0 Å². The van der Waals surface area contributed by atoms with Crippen LogP contribution >= 0.6 is 0 Å². The molecule has 1 atom stereocenters. The number of allylic oxidation sites excluding steroid dienone is 1. The van der Waals surface area contributed by atoms with Crippen molar-refractivity contribution in [2.75, 3.05) is 0 Å². The molecule has 5 nitrogen and oxygen atoms in total. The van der Waals surface area contributed by atoms with Gasteiger partial charge in [-0.15, -0.1) is 0 Å². The smallest absolute Gasteiger partial charge is 0.344 e. The van der Waals surface area contributed by atoms with E-state index in [9.17, 15) is 4.79 Å². The van der Waals surface area contributed by atoms with Crippen LogP contribution in [0.15, 0.2) is 29.8 Å². The quantitative estimate of drug-likeness (QED) is 0.814. The molecule has 5 heteroatoms. The first-order valence-electron chi connectivity index (χ1n) is 5.08. The lowest BCUT2D eigenvalue weighted by molar-refractivity contribution is -0.144. The summed E-state index contributed by atoms with van der Waals surface area (Å²) in [6, 6.07) is 9.94. The Hall–Kier alpha value is -2.79. The summed E-state index contributed by atoms with van der Waals surface area (Å²) in [4.78, 5) is 10.6. The highest BCUT2D eigenvalue weighted by Gasteiger charge is 2.11. The number of nitriles is 2. The van der Waals surface area contributed by atoms with Crippen LogP contribution in [0, 0.1) is 22.7 Å². The van der Waals surface area contributed by atoms with Gasteiger partial charge in [-0.3, -0.25) is 0 Å². The molecule has 0 spiro atoms. The molecule has 0 aliphatic heterocycles. The van der Waals surface area contributed by atoms with Gasteiger partial charge in [-0.1, -0.05) is 12.1 Å². The van der Waals surface area contributed by atoms with Crippen molar-refractivity contribution in [1.29, 1.82) is 10.5 Å². The zero-order valence-electron chi connectivity index (χ0n) is 9.62. The van der Waals surface area contributed by atoms with Crippen molar-refractivity contribution in [3.63, 3.8) is 0 Å². The van der Waals surface area contributed by atoms with Crippen LogP contribution in [0.5, 0.6) is 5.75 Å². The van der Waals surface area contributed by atoms with Crippen LogP contribution in [0.25, 0.3) is 6.08 Å². The van der Waals surface area contributed by atoms with Gasteiger partial charge < -0.3 is 9.84 Å². The Bertz CT molecular complexity index is 531. The molecule has 0 unspecified atom stereocenters. The fourth-order valence-corrected chi connectivity index (χ4v) is 1.15. The third-order valence-corrected chi connectivity index (χ3v) is 2.09. The lowest BCUT2D eigenvalue weighted by Gasteiger charge is -2.09. The lowest BCUT2D eigenvalue weighted by Crippen LogP contribution is -2.22. The van der Waals surface area contributed by atoms with Crippen molar-refractivity contribution in [3.8, 4) is 17.9 Å². The number of rotatable bonds is 4. The van der Waals surface area contributed by atoms with Gasteiger partial charge in [0.05, 0.1) is 0 Å². The van der Waals surface area contributed by atoms with Gasteiger partial charge in [-0.25, -0.2) is 4.79 Å². The van der Waals surface area contributed by atoms with Gasteiger partial charge in [-0.05, 0) is 30.7 Å². The van der Waals surface area contributed by atoms with Crippen molar-refractivity contribution in [2.45, 2.75) is 13.0 Å². The number of carboxylic acids is 1. The summed E-state index contributed by atoms with van der Waals surface area (Å²) >= 11 is 0. The summed E-state index contributed by atoms with van der Waals surface area (Å²) in [5, 5.41) is 25.9. The summed E-state index contributed by atoms with van der Waals surface area (Å²) in [5.41, 5.74) is 0.672. The maximum Gasteiger partial charge on any atom is 0.344 e. The topological polar surface area (TPSA) is 94.1 Å². The minimum absolute atomic E-state index is 0.00238. The number of benzene rings is 1. The van der Waals surface area contributed by atoms with Crippen LogP contribution in [-0.2, 0) is 4.79 Å². The highest BCUT2D eigenvalue weighted by Crippen LogP contribution is 2.15. The van der Waals surface area contributed by atoms with Gasteiger partial charge in [-0.2, -0.15) is 10.5 Å². The third kappa shape index (κ3) is 3.66. The molecule has 18 heavy (non-hydrogen) atoms. The second-order valence-electron chi connectivity index (χ2n) is 3.45. The molecule has 0 saturated carbocycles. The van der Waals surface area contributed by atoms with E-state index < -0.39 is 12.1 Å². The van der Waals surface area contributed by atoms with Gasteiger partial charge in [0.1, 0.15) is 23.5 Å². The van der Waals surface area contributed by atoms with Crippen LogP contribution in [0.3, 0.4) is 0 Å². The zero-order valence-corrected chi connectivity index (χ0v) is 9.62. The monoisotopic (exact) mass is 242 g/mol. The van der Waals surface area contributed by atoms with Gasteiger partial charge in [0.2, 0.25) is 0 Å². The first-order chi connectivity index (χ1) is 8.56. The normalized spacial score (nSPS) is 10.6. The van der Waals surface area contributed by atoms with Crippen molar-refractivity contribution in [1.82, 2.24) is 0 Å². The van der Waals surface area contributed by atoms with Crippen LogP contribution < -0.4 is 4.74 Å². The first-order valence-corrected chi connectivity index (χ1v) is 5.08. The summed E-state index contributed by atoms with van der Waals surface area (Å²) in [5.74, 6) is -0.632. The Morgan fingerprint density at radius 3 is 2.33 bits per heavy atom. The Morgan fingerprint density at radius 1 is 1.33 bits per heavy atom. The third-order valence-electron chi connectivity index (χ3n) is 2.09. The Balaban J connectivity index is 2.82. The van der Waals surface area contributed by atoms with Crippen molar-refractivity contribution in [2.24, 2.45) is 0 Å². The van der Waals surface area contributed by atoms with Crippen molar-refractivity contribution >= 4 is 12.0 Å². The van der Waals surface area contributed by atoms with Gasteiger partial charge in [0, 0.05) is 0 Å². The average molecular weight is 242 g/mol. The lowest BCUT2D eigenvalue weighted by atomic mass is 10.1. The second kappa shape index (κ2) is 6.07. The Kier molecular flexibility index (Phi) is 4.48. The van der Waals surface area contributed by atoms with E-state index in [0.29, 0.717) is 11.3 Å². The fraction of sp³-hybridized carbons (Fsp3) is 0.154. The predicted octanol–water partition coefficient (Wildman–Crippen LogP) is 1.97. The van der Waals surface area contributed by atoms with Crippen LogP contribution in [0.4, 0.5) is 0 Å². The number of carbonyl (C=O) groups is 1. The maximum absolute atomic E-state index is 10.6. The van der Waals surface area contributed by atoms with Crippen LogP contribution in [0.1, 0.15) is 12.5 Å². The highest BCUT2D eigenvalue weighted by molar-refractivity contribution is 5.72. The van der Waals surface area contributed by atoms with Crippen LogP contribution in [0.2, 0.25) is 0 Å². The summed E-state index contributed by atoms with van der Waals surface area (Å²) < 4.78 is 5.14. The molecule has 1 N–H and O–H groups in total. The molecule has 0 radical (unpaired) electrons. The molecule has 0 aliphatic carbocycles. The van der Waals surface area contributed by atoms with Crippen molar-refractivity contribution < 1.29 is 14.6 Å². The van der Waals surface area contributed by atoms with Gasteiger partial charge in [0.15, 0.2) is 6.10 Å². The number of hydrogen-bond donors (Lipinski definition) is 1. The number of carboxylic acid groups (broad SMARTS) is 1. The van der Waals surface area contributed by atoms with E-state index in [0.717, 1.165) is 0 Å². The highest BCUT2D eigenvalue weighted by atomic mass is 16.5. The molecule has 0 aromatic heterocycles. The van der Waals surface area contributed by atoms with Crippen LogP contribution in [-0.4, -0.2) is 17.2 Å². The molecular weight excluding hydrogens is 232 g/mol. The minimum Gasteiger partial charge on any atom is -0.479 e. The molecule has 90 valence electrons. The minimum atomic E-state index is -1.05. The number of aliphatic carboxylic acids is 1.